The first kappa shape index (κ1) is 91.9. The van der Waals surface area contributed by atoms with E-state index in [9.17, 15) is 60.9 Å². The zero-order valence-corrected chi connectivity index (χ0v) is 68.2. The lowest BCUT2D eigenvalue weighted by molar-refractivity contribution is -0.320. The first-order valence-corrected chi connectivity index (χ1v) is 38.4. The predicted octanol–water partition coefficient (Wildman–Crippen LogP) is 5.16. The molecule has 30 heteroatoms. The molecule has 6 fully saturated rings. The minimum atomic E-state index is -2.04. The number of carbonyl (C=O) groups excluding carboxylic acids is 2. The number of aliphatic hydroxyl groups is 8. The Balaban J connectivity index is 1.34. The summed E-state index contributed by atoms with van der Waals surface area (Å²) < 4.78 is 91.3. The van der Waals surface area contributed by atoms with Crippen LogP contribution in [0.25, 0.3) is 0 Å². The zero-order chi connectivity index (χ0) is 80.2. The van der Waals surface area contributed by atoms with Gasteiger partial charge in [-0.3, -0.25) is 19.4 Å². The quantitative estimate of drug-likeness (QED) is 0.0454. The molecule has 0 aliphatic carbocycles. The molecule has 0 aromatic heterocycles. The summed E-state index contributed by atoms with van der Waals surface area (Å²) in [6.45, 7) is 34.7. The molecule has 0 saturated carbocycles. The first-order chi connectivity index (χ1) is 49.2. The van der Waals surface area contributed by atoms with Crippen molar-refractivity contribution >= 4 is 23.4 Å². The topological polar surface area (TPSA) is 397 Å². The van der Waals surface area contributed by atoms with Gasteiger partial charge in [0, 0.05) is 102 Å². The minimum Gasteiger partial charge on any atom is -0.459 e. The van der Waals surface area contributed by atoms with E-state index in [1.807, 2.05) is 51.6 Å². The van der Waals surface area contributed by atoms with Crippen molar-refractivity contribution in [3.05, 3.63) is 0 Å². The van der Waals surface area contributed by atoms with Gasteiger partial charge in [0.15, 0.2) is 25.2 Å². The number of hydrogen-bond acceptors (Lipinski definition) is 30. The van der Waals surface area contributed by atoms with Crippen LogP contribution in [0.1, 0.15) is 190 Å². The summed E-state index contributed by atoms with van der Waals surface area (Å²) in [7, 11) is 9.70. The highest BCUT2D eigenvalue weighted by molar-refractivity contribution is 5.89. The molecule has 0 aromatic carbocycles. The Morgan fingerprint density at radius 1 is 0.453 bits per heavy atom. The molecule has 0 aromatic rings. The molecule has 618 valence electrons. The van der Waals surface area contributed by atoms with Crippen LogP contribution in [0.2, 0.25) is 0 Å². The molecule has 36 atom stereocenters. The lowest BCUT2D eigenvalue weighted by atomic mass is 9.73. The molecule has 6 aliphatic heterocycles. The van der Waals surface area contributed by atoms with Crippen LogP contribution in [0, 0.1) is 47.3 Å². The fourth-order valence-corrected chi connectivity index (χ4v) is 18.1. The van der Waals surface area contributed by atoms with Gasteiger partial charge < -0.3 is 118 Å². The van der Waals surface area contributed by atoms with Gasteiger partial charge in [-0.15, -0.1) is 0 Å². The summed E-state index contributed by atoms with van der Waals surface area (Å²) in [4.78, 5) is 33.6. The van der Waals surface area contributed by atoms with Crippen LogP contribution >= 0.6 is 0 Å². The van der Waals surface area contributed by atoms with E-state index >= 15 is 0 Å². The number of ether oxygens (including phenoxy) is 14. The zero-order valence-electron chi connectivity index (χ0n) is 68.2. The summed E-state index contributed by atoms with van der Waals surface area (Å²) in [5.74, 6) is -8.89. The molecule has 0 radical (unpaired) electrons. The van der Waals surface area contributed by atoms with Gasteiger partial charge in [0.25, 0.3) is 0 Å². The Morgan fingerprint density at radius 3 is 1.05 bits per heavy atom. The number of methoxy groups -OCH3 is 4. The van der Waals surface area contributed by atoms with Gasteiger partial charge in [-0.2, -0.15) is 0 Å². The molecule has 0 bridgehead atoms. The van der Waals surface area contributed by atoms with E-state index in [4.69, 9.17) is 66.3 Å². The SMILES string of the molecule is CC[C@H]1OC(=O)[C@H](C)[C@@H](O[C@H]2C[C@@](C)(OC)[C@@H](O)[C@H](C)O2)[C@H](C)[C@@H](O[C@@H]2O[C@H](C)C[C@H](N(C)CCN(C)[C@H]3C[C@@H](C)O[C@@H](O[C@@H]4[C@@H](C)[C@H](O[C@H]5C[C@@](C)(OC)[C@@H](O)[C@H](C)O5)[C@@H](C)C(=O)O[C@H](CC)[C@@](C)(O)[C@H](O)[C@@H](C)/C(=N\O)[C@H](C)C[C@@]4(C)OC)[C@@H]3O)[C@H]2O)[C@](C)(OC)C[C@@H](C)/C(=N/O)[C@H](C)[C@@H](O)[C@]1(C)O. The van der Waals surface area contributed by atoms with Gasteiger partial charge in [0.2, 0.25) is 0 Å². The average molecular weight is 1520 g/mol. The third-order valence-electron chi connectivity index (χ3n) is 25.5. The molecule has 0 spiro atoms. The predicted molar refractivity (Wildman–Crippen MR) is 388 cm³/mol. The fraction of sp³-hybridized carbons (Fsp3) is 0.947. The van der Waals surface area contributed by atoms with E-state index < -0.39 is 228 Å². The van der Waals surface area contributed by atoms with E-state index in [0.717, 1.165) is 0 Å². The standard InChI is InChI=1S/C76H138N4O26/c1-27-51-75(19,89)61(83)41(7)55(77-91)37(3)33-73(17,95-25)65(43(9)59(45(11)67(87)101-51)103-53-35-71(15,93-23)63(85)47(13)99-53)105-69-57(81)49(31-39(5)97-69)79(21)29-30-80(22)50-32-40(6)98-70(58(50)82)106-66-44(10)60(104-54-36-72(16,94-24)64(86)48(14)100-54)46(12)68(88)102-52(28-2)76(20,90)62(84)42(8)56(78-92)38(4)34-74(66,18)96-26/h37-54,57-66,69-70,81-86,89-92H,27-36H2,1-26H3/b77-55-,78-56-/t37-,38-,39-,40-,41+,42+,43+,44+,45-,46-,47+,48+,49+,50+,51-,52-,53+,54+,57-,58-,59+,60+,61-,62-,63+,64+,65-,66-,69+,70+,71-,72-,73-,74-,75-,76-/m1/s1. The first-order valence-electron chi connectivity index (χ1n) is 38.4. The molecule has 106 heavy (non-hydrogen) atoms. The normalized spacial score (nSPS) is 49.2. The van der Waals surface area contributed by atoms with Crippen LogP contribution in [0.15, 0.2) is 10.3 Å². The molecular formula is C76H138N4O26. The summed E-state index contributed by atoms with van der Waals surface area (Å²) in [6.07, 6.45) is -21.3. The highest BCUT2D eigenvalue weighted by Crippen LogP contribution is 2.46. The number of oxime groups is 2. The number of esters is 2. The maximum atomic E-state index is 14.8. The molecule has 6 heterocycles. The van der Waals surface area contributed by atoms with Gasteiger partial charge in [-0.25, -0.2) is 0 Å². The third kappa shape index (κ3) is 19.8. The minimum absolute atomic E-state index is 0.0379. The number of cyclic esters (lactones) is 2. The molecule has 6 aliphatic rings. The Morgan fingerprint density at radius 2 is 0.764 bits per heavy atom. The van der Waals surface area contributed by atoms with E-state index in [1.165, 1.54) is 42.3 Å². The van der Waals surface area contributed by atoms with Gasteiger partial charge in [-0.05, 0) is 136 Å². The van der Waals surface area contributed by atoms with Crippen molar-refractivity contribution < 1.29 is 127 Å². The summed E-state index contributed by atoms with van der Waals surface area (Å²) in [6, 6.07) is -1.22. The van der Waals surface area contributed by atoms with E-state index in [0.29, 0.717) is 25.9 Å². The molecular weight excluding hydrogens is 1380 g/mol. The van der Waals surface area contributed by atoms with Gasteiger partial charge in [0.05, 0.1) is 107 Å². The Labute approximate surface area is 629 Å². The largest absolute Gasteiger partial charge is 0.459 e. The van der Waals surface area contributed by atoms with Crippen molar-refractivity contribution in [2.24, 2.45) is 57.7 Å². The summed E-state index contributed by atoms with van der Waals surface area (Å²) >= 11 is 0. The van der Waals surface area contributed by atoms with Crippen LogP contribution < -0.4 is 0 Å². The molecule has 30 nitrogen and oxygen atoms in total. The number of nitrogens with zero attached hydrogens (tertiary/aromatic N) is 4. The van der Waals surface area contributed by atoms with Crippen LogP contribution in [-0.4, -0.2) is 309 Å². The van der Waals surface area contributed by atoms with Crippen molar-refractivity contribution in [2.75, 3.05) is 55.6 Å². The van der Waals surface area contributed by atoms with Crippen molar-refractivity contribution in [1.82, 2.24) is 9.80 Å². The Bertz CT molecular complexity index is 2660. The lowest BCUT2D eigenvalue weighted by Crippen LogP contribution is -2.62. The third-order valence-corrected chi connectivity index (χ3v) is 25.5. The molecule has 0 amide bonds. The van der Waals surface area contributed by atoms with Crippen LogP contribution in [-0.2, 0) is 75.9 Å². The van der Waals surface area contributed by atoms with Crippen molar-refractivity contribution in [3.63, 3.8) is 0 Å². The highest BCUT2D eigenvalue weighted by Gasteiger charge is 2.58. The monoisotopic (exact) mass is 1520 g/mol. The van der Waals surface area contributed by atoms with Crippen molar-refractivity contribution in [2.45, 2.75) is 358 Å². The molecule has 6 saturated heterocycles. The summed E-state index contributed by atoms with van der Waals surface area (Å²) in [5.41, 5.74) is -8.92. The smallest absolute Gasteiger partial charge is 0.311 e. The Hall–Kier alpha value is -3.00. The molecule has 10 N–H and O–H groups in total. The molecule has 6 rings (SSSR count). The number of aliphatic hydroxyl groups excluding tert-OH is 6. The van der Waals surface area contributed by atoms with Crippen LogP contribution in [0.4, 0.5) is 0 Å². The average Bonchev–Trinajstić information content (AvgIpc) is 0.775. The van der Waals surface area contributed by atoms with Gasteiger partial charge in [-0.1, -0.05) is 65.7 Å². The number of carbonyl (C=O) groups is 2. The maximum absolute atomic E-state index is 14.8. The second-order valence-electron chi connectivity index (χ2n) is 33.5. The van der Waals surface area contributed by atoms with Crippen molar-refractivity contribution in [3.8, 4) is 0 Å². The van der Waals surface area contributed by atoms with Gasteiger partial charge in [0.1, 0.15) is 47.8 Å². The number of likely N-dealkylation sites (N-methyl/N-ethyl adjacent to an activating group) is 2. The second-order valence-corrected chi connectivity index (χ2v) is 33.5. The Kier molecular flexibility index (Phi) is 32.3. The lowest BCUT2D eigenvalue weighted by Gasteiger charge is -2.50. The highest BCUT2D eigenvalue weighted by atomic mass is 16.7. The van der Waals surface area contributed by atoms with E-state index in [2.05, 4.69) is 10.3 Å². The van der Waals surface area contributed by atoms with E-state index in [-0.39, 0.29) is 49.9 Å². The van der Waals surface area contributed by atoms with Crippen LogP contribution in [0.5, 0.6) is 0 Å². The molecule has 0 unspecified atom stereocenters. The number of rotatable bonds is 19. The number of hydrogen-bond donors (Lipinski definition) is 10. The van der Waals surface area contributed by atoms with Crippen molar-refractivity contribution in [1.29, 1.82) is 0 Å². The van der Waals surface area contributed by atoms with E-state index in [1.54, 1.807) is 96.9 Å². The second kappa shape index (κ2) is 37.3. The van der Waals surface area contributed by atoms with Gasteiger partial charge >= 0.3 is 11.9 Å². The maximum Gasteiger partial charge on any atom is 0.311 e. The van der Waals surface area contributed by atoms with Crippen LogP contribution in [0.3, 0.4) is 0 Å². The summed E-state index contributed by atoms with van der Waals surface area (Å²) in [5, 5.41) is 125. The fourth-order valence-electron chi connectivity index (χ4n) is 18.1.